The number of Topliss-reactive ketones (excluding diaryl/α,β-unsaturated/α-hetero) is 1. The van der Waals surface area contributed by atoms with Crippen LogP contribution in [-0.2, 0) is 4.74 Å². The molecule has 1 aliphatic heterocycles. The van der Waals surface area contributed by atoms with Crippen LogP contribution in [0.15, 0.2) is 18.5 Å². The highest BCUT2D eigenvalue weighted by atomic mass is 35.5. The number of ether oxygens (including phenoxy) is 1. The van der Waals surface area contributed by atoms with E-state index in [0.29, 0.717) is 28.2 Å². The first-order chi connectivity index (χ1) is 8.27. The first-order valence-corrected chi connectivity index (χ1v) is 5.92. The molecular formula is C12H11ClN2O2. The molecule has 88 valence electrons. The number of pyridine rings is 1. The number of rotatable bonds is 2. The van der Waals surface area contributed by atoms with Gasteiger partial charge in [-0.1, -0.05) is 11.6 Å². The number of nitrogens with zero attached hydrogens (tertiary/aromatic N) is 1. The van der Waals surface area contributed by atoms with Crippen molar-refractivity contribution in [2.75, 3.05) is 6.61 Å². The fraction of sp³-hybridized carbons (Fsp3) is 0.333. The molecule has 1 atom stereocenters. The SMILES string of the molecule is O=C(c1c[nH]c2nccc(Cl)c12)C1CCCO1. The molecule has 4 nitrogen and oxygen atoms in total. The van der Waals surface area contributed by atoms with Crippen LogP contribution in [0.4, 0.5) is 0 Å². The van der Waals surface area contributed by atoms with Gasteiger partial charge in [-0.3, -0.25) is 4.79 Å². The van der Waals surface area contributed by atoms with Crippen molar-refractivity contribution in [1.29, 1.82) is 0 Å². The van der Waals surface area contributed by atoms with Crippen molar-refractivity contribution in [1.82, 2.24) is 9.97 Å². The predicted molar refractivity (Wildman–Crippen MR) is 64.4 cm³/mol. The molecule has 2 aromatic heterocycles. The van der Waals surface area contributed by atoms with E-state index in [-0.39, 0.29) is 11.9 Å². The molecule has 0 bridgehead atoms. The lowest BCUT2D eigenvalue weighted by molar-refractivity contribution is 0.0644. The van der Waals surface area contributed by atoms with Crippen molar-refractivity contribution in [2.45, 2.75) is 18.9 Å². The monoisotopic (exact) mass is 250 g/mol. The van der Waals surface area contributed by atoms with Crippen LogP contribution in [-0.4, -0.2) is 28.5 Å². The van der Waals surface area contributed by atoms with Gasteiger partial charge in [-0.2, -0.15) is 0 Å². The van der Waals surface area contributed by atoms with Crippen LogP contribution < -0.4 is 0 Å². The van der Waals surface area contributed by atoms with E-state index in [0.717, 1.165) is 12.8 Å². The molecule has 5 heteroatoms. The van der Waals surface area contributed by atoms with Gasteiger partial charge in [0, 0.05) is 30.0 Å². The number of hydrogen-bond acceptors (Lipinski definition) is 3. The van der Waals surface area contributed by atoms with Gasteiger partial charge in [-0.15, -0.1) is 0 Å². The minimum absolute atomic E-state index is 0.0105. The van der Waals surface area contributed by atoms with Crippen LogP contribution in [0.1, 0.15) is 23.2 Å². The second-order valence-electron chi connectivity index (χ2n) is 4.08. The molecule has 0 aromatic carbocycles. The number of nitrogens with one attached hydrogen (secondary N) is 1. The Morgan fingerprint density at radius 1 is 1.59 bits per heavy atom. The zero-order valence-corrected chi connectivity index (χ0v) is 9.83. The summed E-state index contributed by atoms with van der Waals surface area (Å²) in [4.78, 5) is 19.3. The van der Waals surface area contributed by atoms with Crippen LogP contribution in [0.25, 0.3) is 11.0 Å². The molecule has 1 aliphatic rings. The number of aromatic amines is 1. The Hall–Kier alpha value is -1.39. The molecule has 0 aliphatic carbocycles. The summed E-state index contributed by atoms with van der Waals surface area (Å²) in [5.41, 5.74) is 1.21. The standard InChI is InChI=1S/C12H11ClN2O2/c13-8-3-4-14-12-10(8)7(6-15-12)11(16)9-2-1-5-17-9/h3-4,6,9H,1-2,5H2,(H,14,15). The molecular weight excluding hydrogens is 240 g/mol. The van der Waals surface area contributed by atoms with E-state index >= 15 is 0 Å². The molecule has 1 fully saturated rings. The smallest absolute Gasteiger partial charge is 0.193 e. The Morgan fingerprint density at radius 3 is 3.24 bits per heavy atom. The van der Waals surface area contributed by atoms with Crippen LogP contribution in [0.5, 0.6) is 0 Å². The predicted octanol–water partition coefficient (Wildman–Crippen LogP) is 2.58. The fourth-order valence-electron chi connectivity index (χ4n) is 2.17. The zero-order chi connectivity index (χ0) is 11.8. The topological polar surface area (TPSA) is 55.0 Å². The van der Waals surface area contributed by atoms with Crippen molar-refractivity contribution < 1.29 is 9.53 Å². The van der Waals surface area contributed by atoms with Crippen molar-refractivity contribution in [3.8, 4) is 0 Å². The van der Waals surface area contributed by atoms with Gasteiger partial charge in [0.25, 0.3) is 0 Å². The summed E-state index contributed by atoms with van der Waals surface area (Å²) in [7, 11) is 0. The van der Waals surface area contributed by atoms with Crippen LogP contribution in [0, 0.1) is 0 Å². The number of ketones is 1. The van der Waals surface area contributed by atoms with Gasteiger partial charge in [0.05, 0.1) is 5.02 Å². The Labute approximate surface area is 103 Å². The third-order valence-electron chi connectivity index (χ3n) is 3.01. The number of halogens is 1. The number of hydrogen-bond donors (Lipinski definition) is 1. The summed E-state index contributed by atoms with van der Waals surface area (Å²) in [5.74, 6) is -0.0105. The summed E-state index contributed by atoms with van der Waals surface area (Å²) in [5, 5.41) is 1.23. The van der Waals surface area contributed by atoms with E-state index in [1.54, 1.807) is 18.5 Å². The quantitative estimate of drug-likeness (QED) is 0.834. The van der Waals surface area contributed by atoms with Crippen molar-refractivity contribution in [2.24, 2.45) is 0 Å². The van der Waals surface area contributed by atoms with E-state index in [1.807, 2.05) is 0 Å². The van der Waals surface area contributed by atoms with E-state index in [9.17, 15) is 4.79 Å². The number of carbonyl (C=O) groups excluding carboxylic acids is 1. The first-order valence-electron chi connectivity index (χ1n) is 5.55. The molecule has 1 saturated heterocycles. The first kappa shape index (κ1) is 10.7. The van der Waals surface area contributed by atoms with E-state index in [1.165, 1.54) is 0 Å². The molecule has 0 spiro atoms. The minimum Gasteiger partial charge on any atom is -0.370 e. The summed E-state index contributed by atoms with van der Waals surface area (Å²) in [6.07, 6.45) is 4.66. The lowest BCUT2D eigenvalue weighted by Crippen LogP contribution is -2.19. The molecule has 1 N–H and O–H groups in total. The normalized spacial score (nSPS) is 19.9. The van der Waals surface area contributed by atoms with E-state index in [4.69, 9.17) is 16.3 Å². The van der Waals surface area contributed by atoms with Gasteiger partial charge >= 0.3 is 0 Å². The lowest BCUT2D eigenvalue weighted by atomic mass is 10.0. The van der Waals surface area contributed by atoms with Gasteiger partial charge in [0.1, 0.15) is 11.8 Å². The maximum Gasteiger partial charge on any atom is 0.193 e. The zero-order valence-electron chi connectivity index (χ0n) is 9.07. The van der Waals surface area contributed by atoms with Crippen LogP contribution in [0.2, 0.25) is 5.02 Å². The number of aromatic nitrogens is 2. The highest BCUT2D eigenvalue weighted by molar-refractivity contribution is 6.36. The van der Waals surface area contributed by atoms with Crippen molar-refractivity contribution in [3.63, 3.8) is 0 Å². The second-order valence-corrected chi connectivity index (χ2v) is 4.49. The molecule has 0 saturated carbocycles. The largest absolute Gasteiger partial charge is 0.370 e. The summed E-state index contributed by atoms with van der Waals surface area (Å²) < 4.78 is 5.40. The average molecular weight is 251 g/mol. The molecule has 17 heavy (non-hydrogen) atoms. The maximum atomic E-state index is 12.2. The number of fused-ring (bicyclic) bond motifs is 1. The average Bonchev–Trinajstić information content (AvgIpc) is 2.98. The third-order valence-corrected chi connectivity index (χ3v) is 3.33. The number of carbonyl (C=O) groups is 1. The van der Waals surface area contributed by atoms with Crippen LogP contribution in [0.3, 0.4) is 0 Å². The van der Waals surface area contributed by atoms with Crippen molar-refractivity contribution in [3.05, 3.63) is 29.0 Å². The fourth-order valence-corrected chi connectivity index (χ4v) is 2.42. The Bertz CT molecular complexity index is 573. The second kappa shape index (κ2) is 4.13. The van der Waals surface area contributed by atoms with Gasteiger partial charge in [-0.05, 0) is 18.9 Å². The molecule has 2 aromatic rings. The molecule has 1 unspecified atom stereocenters. The van der Waals surface area contributed by atoms with Gasteiger partial charge < -0.3 is 9.72 Å². The van der Waals surface area contributed by atoms with Crippen LogP contribution >= 0.6 is 11.6 Å². The minimum atomic E-state index is -0.328. The Morgan fingerprint density at radius 2 is 2.47 bits per heavy atom. The molecule has 3 rings (SSSR count). The molecule has 3 heterocycles. The summed E-state index contributed by atoms with van der Waals surface area (Å²) in [6, 6.07) is 1.68. The highest BCUT2D eigenvalue weighted by Gasteiger charge is 2.27. The Kier molecular flexibility index (Phi) is 2.61. The molecule has 0 amide bonds. The maximum absolute atomic E-state index is 12.2. The van der Waals surface area contributed by atoms with Gasteiger partial charge in [-0.25, -0.2) is 4.98 Å². The number of H-pyrrole nitrogens is 1. The molecule has 0 radical (unpaired) electrons. The third kappa shape index (κ3) is 1.73. The van der Waals surface area contributed by atoms with E-state index < -0.39 is 0 Å². The van der Waals surface area contributed by atoms with E-state index in [2.05, 4.69) is 9.97 Å². The summed E-state index contributed by atoms with van der Waals surface area (Å²) >= 11 is 6.10. The van der Waals surface area contributed by atoms with Gasteiger partial charge in [0.15, 0.2) is 5.78 Å². The van der Waals surface area contributed by atoms with Gasteiger partial charge in [0.2, 0.25) is 0 Å². The Balaban J connectivity index is 2.08. The highest BCUT2D eigenvalue weighted by Crippen LogP contribution is 2.27. The summed E-state index contributed by atoms with van der Waals surface area (Å²) in [6.45, 7) is 0.657. The van der Waals surface area contributed by atoms with Crippen molar-refractivity contribution >= 4 is 28.4 Å². The lowest BCUT2D eigenvalue weighted by Gasteiger charge is -2.07.